The minimum absolute atomic E-state index is 0.186. The molecule has 0 radical (unpaired) electrons. The third kappa shape index (κ3) is 4.10. The molecule has 1 atom stereocenters. The fourth-order valence-corrected chi connectivity index (χ4v) is 2.60. The molecule has 2 amide bonds. The lowest BCUT2D eigenvalue weighted by molar-refractivity contribution is -0.144. The van der Waals surface area contributed by atoms with E-state index in [1.54, 1.807) is 18.9 Å². The smallest absolute Gasteiger partial charge is 0.329 e. The zero-order valence-electron chi connectivity index (χ0n) is 13.0. The summed E-state index contributed by atoms with van der Waals surface area (Å²) in [6.45, 7) is 5.41. The van der Waals surface area contributed by atoms with Crippen LogP contribution in [0.5, 0.6) is 0 Å². The molecular formula is C14H27N3O3. The Balaban J connectivity index is 2.62. The summed E-state index contributed by atoms with van der Waals surface area (Å²) in [5, 5.41) is 12.0. The SMILES string of the molecule is CCCC(C)(NC(=O)N(C)C1CCN(C)CC1)C(=O)O. The topological polar surface area (TPSA) is 72.9 Å². The second kappa shape index (κ2) is 6.92. The number of likely N-dealkylation sites (tertiary alicyclic amines) is 1. The Morgan fingerprint density at radius 2 is 1.95 bits per heavy atom. The van der Waals surface area contributed by atoms with Gasteiger partial charge in [-0.2, -0.15) is 0 Å². The number of rotatable bonds is 5. The number of carbonyl (C=O) groups is 2. The molecule has 0 aromatic heterocycles. The van der Waals surface area contributed by atoms with Crippen molar-refractivity contribution in [3.05, 3.63) is 0 Å². The minimum Gasteiger partial charge on any atom is -0.480 e. The van der Waals surface area contributed by atoms with Crippen LogP contribution >= 0.6 is 0 Å². The standard InChI is InChI=1S/C14H27N3O3/c1-5-8-14(2,12(18)19)15-13(20)17(4)11-6-9-16(3)10-7-11/h11H,5-10H2,1-4H3,(H,15,20)(H,18,19). The van der Waals surface area contributed by atoms with E-state index in [-0.39, 0.29) is 12.1 Å². The third-order valence-corrected chi connectivity index (χ3v) is 4.16. The predicted molar refractivity (Wildman–Crippen MR) is 77.8 cm³/mol. The highest BCUT2D eigenvalue weighted by molar-refractivity contribution is 5.85. The van der Waals surface area contributed by atoms with Crippen LogP contribution in [0.25, 0.3) is 0 Å². The molecule has 1 aliphatic heterocycles. The monoisotopic (exact) mass is 285 g/mol. The molecule has 1 saturated heterocycles. The van der Waals surface area contributed by atoms with E-state index in [1.807, 2.05) is 6.92 Å². The molecule has 0 aromatic rings. The number of aliphatic carboxylic acids is 1. The van der Waals surface area contributed by atoms with Crippen LogP contribution < -0.4 is 5.32 Å². The molecule has 1 fully saturated rings. The van der Waals surface area contributed by atoms with E-state index < -0.39 is 11.5 Å². The molecule has 116 valence electrons. The molecule has 0 aromatic carbocycles. The zero-order valence-corrected chi connectivity index (χ0v) is 13.0. The van der Waals surface area contributed by atoms with Gasteiger partial charge >= 0.3 is 12.0 Å². The minimum atomic E-state index is -1.19. The van der Waals surface area contributed by atoms with Gasteiger partial charge in [0.2, 0.25) is 0 Å². The fraction of sp³-hybridized carbons (Fsp3) is 0.857. The van der Waals surface area contributed by atoms with Gasteiger partial charge in [0.15, 0.2) is 0 Å². The average Bonchev–Trinajstić information content (AvgIpc) is 2.38. The lowest BCUT2D eigenvalue weighted by atomic mass is 9.96. The molecule has 1 heterocycles. The van der Waals surface area contributed by atoms with E-state index in [0.717, 1.165) is 25.9 Å². The van der Waals surface area contributed by atoms with E-state index >= 15 is 0 Å². The van der Waals surface area contributed by atoms with Gasteiger partial charge in [0.25, 0.3) is 0 Å². The van der Waals surface area contributed by atoms with Crippen LogP contribution in [0.15, 0.2) is 0 Å². The number of hydrogen-bond donors (Lipinski definition) is 2. The lowest BCUT2D eigenvalue weighted by Crippen LogP contribution is -2.57. The maximum absolute atomic E-state index is 12.3. The van der Waals surface area contributed by atoms with E-state index in [9.17, 15) is 14.7 Å². The zero-order chi connectivity index (χ0) is 15.3. The van der Waals surface area contributed by atoms with Crippen LogP contribution in [0.4, 0.5) is 4.79 Å². The van der Waals surface area contributed by atoms with Gasteiger partial charge < -0.3 is 20.2 Å². The van der Waals surface area contributed by atoms with Crippen LogP contribution in [-0.2, 0) is 4.79 Å². The van der Waals surface area contributed by atoms with E-state index in [4.69, 9.17) is 0 Å². The summed E-state index contributed by atoms with van der Waals surface area (Å²) in [7, 11) is 3.82. The summed E-state index contributed by atoms with van der Waals surface area (Å²) >= 11 is 0. The Labute approximate surface area is 121 Å². The van der Waals surface area contributed by atoms with Gasteiger partial charge in [-0.3, -0.25) is 0 Å². The van der Waals surface area contributed by atoms with Crippen LogP contribution in [0.2, 0.25) is 0 Å². The van der Waals surface area contributed by atoms with E-state index in [0.29, 0.717) is 12.8 Å². The maximum atomic E-state index is 12.3. The number of carboxylic acids is 1. The number of piperidine rings is 1. The maximum Gasteiger partial charge on any atom is 0.329 e. The van der Waals surface area contributed by atoms with Crippen molar-refractivity contribution in [2.45, 2.75) is 51.1 Å². The van der Waals surface area contributed by atoms with Crippen LogP contribution in [0.3, 0.4) is 0 Å². The molecule has 0 aliphatic carbocycles. The van der Waals surface area contributed by atoms with Crippen molar-refractivity contribution >= 4 is 12.0 Å². The highest BCUT2D eigenvalue weighted by Gasteiger charge is 2.36. The highest BCUT2D eigenvalue weighted by Crippen LogP contribution is 2.17. The van der Waals surface area contributed by atoms with Gasteiger partial charge in [-0.25, -0.2) is 9.59 Å². The van der Waals surface area contributed by atoms with Crippen molar-refractivity contribution in [2.75, 3.05) is 27.2 Å². The summed E-state index contributed by atoms with van der Waals surface area (Å²) in [6, 6.07) is -0.108. The van der Waals surface area contributed by atoms with Crippen LogP contribution in [0.1, 0.15) is 39.5 Å². The largest absolute Gasteiger partial charge is 0.480 e. The molecule has 20 heavy (non-hydrogen) atoms. The number of hydrogen-bond acceptors (Lipinski definition) is 3. The molecule has 0 saturated carbocycles. The first-order valence-electron chi connectivity index (χ1n) is 7.27. The molecule has 2 N–H and O–H groups in total. The van der Waals surface area contributed by atoms with E-state index in [2.05, 4.69) is 17.3 Å². The molecule has 0 spiro atoms. The second-order valence-electron chi connectivity index (χ2n) is 5.96. The highest BCUT2D eigenvalue weighted by atomic mass is 16.4. The number of urea groups is 1. The van der Waals surface area contributed by atoms with Crippen molar-refractivity contribution in [3.8, 4) is 0 Å². The summed E-state index contributed by atoms with van der Waals surface area (Å²) in [6.07, 6.45) is 2.99. The Bertz CT molecular complexity index is 354. The molecular weight excluding hydrogens is 258 g/mol. The van der Waals surface area contributed by atoms with Gasteiger partial charge in [0, 0.05) is 13.1 Å². The first-order chi connectivity index (χ1) is 9.30. The Hall–Kier alpha value is -1.30. The van der Waals surface area contributed by atoms with Crippen molar-refractivity contribution in [3.63, 3.8) is 0 Å². The van der Waals surface area contributed by atoms with Crippen molar-refractivity contribution in [1.29, 1.82) is 0 Å². The summed E-state index contributed by atoms with van der Waals surface area (Å²) in [5.74, 6) is -0.982. The van der Waals surface area contributed by atoms with E-state index in [1.165, 1.54) is 0 Å². The van der Waals surface area contributed by atoms with Gasteiger partial charge in [0.05, 0.1) is 0 Å². The second-order valence-corrected chi connectivity index (χ2v) is 5.96. The average molecular weight is 285 g/mol. The fourth-order valence-electron chi connectivity index (χ4n) is 2.60. The van der Waals surface area contributed by atoms with Gasteiger partial charge in [-0.05, 0) is 46.3 Å². The van der Waals surface area contributed by atoms with Gasteiger partial charge in [0.1, 0.15) is 5.54 Å². The van der Waals surface area contributed by atoms with Crippen molar-refractivity contribution in [2.24, 2.45) is 0 Å². The molecule has 6 nitrogen and oxygen atoms in total. The lowest BCUT2D eigenvalue weighted by Gasteiger charge is -2.37. The first kappa shape index (κ1) is 16.8. The number of nitrogens with zero attached hydrogens (tertiary/aromatic N) is 2. The quantitative estimate of drug-likeness (QED) is 0.800. The summed E-state index contributed by atoms with van der Waals surface area (Å²) in [5.41, 5.74) is -1.19. The summed E-state index contributed by atoms with van der Waals surface area (Å²) < 4.78 is 0. The Morgan fingerprint density at radius 3 is 2.40 bits per heavy atom. The van der Waals surface area contributed by atoms with Crippen molar-refractivity contribution in [1.82, 2.24) is 15.1 Å². The normalized spacial score (nSPS) is 20.2. The Kier molecular flexibility index (Phi) is 5.80. The summed E-state index contributed by atoms with van der Waals surface area (Å²) in [4.78, 5) is 27.5. The number of nitrogens with one attached hydrogen (secondary N) is 1. The molecule has 1 rings (SSSR count). The number of amides is 2. The number of carboxylic acid groups (broad SMARTS) is 1. The molecule has 0 bridgehead atoms. The molecule has 1 unspecified atom stereocenters. The van der Waals surface area contributed by atoms with Gasteiger partial charge in [-0.15, -0.1) is 0 Å². The van der Waals surface area contributed by atoms with Crippen molar-refractivity contribution < 1.29 is 14.7 Å². The molecule has 1 aliphatic rings. The van der Waals surface area contributed by atoms with Crippen LogP contribution in [0, 0.1) is 0 Å². The third-order valence-electron chi connectivity index (χ3n) is 4.16. The Morgan fingerprint density at radius 1 is 1.40 bits per heavy atom. The number of carbonyl (C=O) groups excluding carboxylic acids is 1. The van der Waals surface area contributed by atoms with Gasteiger partial charge in [-0.1, -0.05) is 13.3 Å². The van der Waals surface area contributed by atoms with Crippen LogP contribution in [-0.4, -0.2) is 65.7 Å². The molecule has 6 heteroatoms. The first-order valence-corrected chi connectivity index (χ1v) is 7.27. The predicted octanol–water partition coefficient (Wildman–Crippen LogP) is 1.37.